The van der Waals surface area contributed by atoms with E-state index in [1.54, 1.807) is 24.3 Å². The highest BCUT2D eigenvalue weighted by Gasteiger charge is 2.28. The van der Waals surface area contributed by atoms with Gasteiger partial charge in [0.1, 0.15) is 0 Å². The summed E-state index contributed by atoms with van der Waals surface area (Å²) in [5.41, 5.74) is 2.51. The zero-order valence-corrected chi connectivity index (χ0v) is 13.7. The molecule has 1 aliphatic heterocycles. The van der Waals surface area contributed by atoms with Crippen LogP contribution in [0.3, 0.4) is 0 Å². The minimum Gasteiger partial charge on any atom is -0.334 e. The molecule has 3 rings (SSSR count). The first kappa shape index (κ1) is 16.7. The monoisotopic (exact) mass is 337 g/mol. The zero-order valence-electron chi connectivity index (χ0n) is 13.7. The molecule has 2 N–H and O–H groups in total. The fourth-order valence-electron chi connectivity index (χ4n) is 2.63. The lowest BCUT2D eigenvalue weighted by Gasteiger charge is -2.14. The van der Waals surface area contributed by atoms with Crippen LogP contribution >= 0.6 is 0 Å². The van der Waals surface area contributed by atoms with Crippen LogP contribution < -0.4 is 10.6 Å². The van der Waals surface area contributed by atoms with Crippen LogP contribution in [0.1, 0.15) is 24.0 Å². The molecule has 0 spiro atoms. The van der Waals surface area contributed by atoms with E-state index in [-0.39, 0.29) is 24.4 Å². The molecule has 2 aromatic rings. The molecule has 6 nitrogen and oxygen atoms in total. The third kappa shape index (κ3) is 4.44. The molecule has 0 aromatic heterocycles. The SMILES string of the molecule is O=C(NCc1ccccc1)Nc1ccc(CN2C(=O)CCC2=O)cc1. The average molecular weight is 337 g/mol. The van der Waals surface area contributed by atoms with Gasteiger partial charge in [0, 0.05) is 25.1 Å². The van der Waals surface area contributed by atoms with Crippen LogP contribution in [0.25, 0.3) is 0 Å². The van der Waals surface area contributed by atoms with Crippen LogP contribution in [0.15, 0.2) is 54.6 Å². The van der Waals surface area contributed by atoms with Crippen molar-refractivity contribution in [3.63, 3.8) is 0 Å². The Bertz CT molecular complexity index is 756. The van der Waals surface area contributed by atoms with E-state index in [1.807, 2.05) is 30.3 Å². The van der Waals surface area contributed by atoms with Crippen molar-refractivity contribution in [1.82, 2.24) is 10.2 Å². The summed E-state index contributed by atoms with van der Waals surface area (Å²) in [4.78, 5) is 36.4. The molecule has 0 unspecified atom stereocenters. The molecule has 1 heterocycles. The summed E-state index contributed by atoms with van der Waals surface area (Å²) >= 11 is 0. The second-order valence-corrected chi connectivity index (χ2v) is 5.86. The first-order valence-electron chi connectivity index (χ1n) is 8.13. The Balaban J connectivity index is 1.51. The fourth-order valence-corrected chi connectivity index (χ4v) is 2.63. The molecule has 1 saturated heterocycles. The number of amides is 4. The predicted octanol–water partition coefficient (Wildman–Crippen LogP) is 2.66. The normalized spacial score (nSPS) is 13.8. The number of rotatable bonds is 5. The van der Waals surface area contributed by atoms with E-state index in [2.05, 4.69) is 10.6 Å². The van der Waals surface area contributed by atoms with Crippen molar-refractivity contribution in [3.05, 3.63) is 65.7 Å². The quantitative estimate of drug-likeness (QED) is 0.823. The van der Waals surface area contributed by atoms with Gasteiger partial charge in [-0.2, -0.15) is 0 Å². The smallest absolute Gasteiger partial charge is 0.319 e. The molecule has 0 bridgehead atoms. The number of hydrogen-bond donors (Lipinski definition) is 2. The lowest BCUT2D eigenvalue weighted by molar-refractivity contribution is -0.139. The van der Waals surface area contributed by atoms with Gasteiger partial charge in [-0.25, -0.2) is 4.79 Å². The van der Waals surface area contributed by atoms with Gasteiger partial charge in [-0.1, -0.05) is 42.5 Å². The molecule has 6 heteroatoms. The number of nitrogens with zero attached hydrogens (tertiary/aromatic N) is 1. The lowest BCUT2D eigenvalue weighted by atomic mass is 10.2. The first-order valence-corrected chi connectivity index (χ1v) is 8.13. The summed E-state index contributed by atoms with van der Waals surface area (Å²) < 4.78 is 0. The number of imide groups is 1. The summed E-state index contributed by atoms with van der Waals surface area (Å²) in [7, 11) is 0. The van der Waals surface area contributed by atoms with Gasteiger partial charge in [-0.3, -0.25) is 14.5 Å². The Hall–Kier alpha value is -3.15. The highest BCUT2D eigenvalue weighted by molar-refractivity contribution is 6.01. The number of carbonyl (C=O) groups is 3. The molecule has 0 aliphatic carbocycles. The van der Waals surface area contributed by atoms with Crippen LogP contribution in [0.2, 0.25) is 0 Å². The number of benzene rings is 2. The molecule has 1 fully saturated rings. The van der Waals surface area contributed by atoms with Gasteiger partial charge >= 0.3 is 6.03 Å². The zero-order chi connectivity index (χ0) is 17.6. The number of nitrogens with one attached hydrogen (secondary N) is 2. The van der Waals surface area contributed by atoms with Gasteiger partial charge in [0.05, 0.1) is 6.54 Å². The van der Waals surface area contributed by atoms with Gasteiger partial charge in [-0.15, -0.1) is 0 Å². The van der Waals surface area contributed by atoms with E-state index in [9.17, 15) is 14.4 Å². The van der Waals surface area contributed by atoms with E-state index in [0.29, 0.717) is 25.1 Å². The molecular weight excluding hydrogens is 318 g/mol. The number of urea groups is 1. The Morgan fingerprint density at radius 3 is 2.16 bits per heavy atom. The Morgan fingerprint density at radius 1 is 0.880 bits per heavy atom. The highest BCUT2D eigenvalue weighted by Crippen LogP contribution is 2.17. The molecular formula is C19H19N3O3. The molecule has 2 aromatic carbocycles. The topological polar surface area (TPSA) is 78.5 Å². The molecule has 0 radical (unpaired) electrons. The lowest BCUT2D eigenvalue weighted by Crippen LogP contribution is -2.28. The van der Waals surface area contributed by atoms with Crippen LogP contribution in [-0.2, 0) is 22.7 Å². The molecule has 128 valence electrons. The van der Waals surface area contributed by atoms with E-state index in [0.717, 1.165) is 11.1 Å². The number of likely N-dealkylation sites (tertiary alicyclic amines) is 1. The Kier molecular flexibility index (Phi) is 5.09. The molecule has 1 aliphatic rings. The maximum atomic E-state index is 11.9. The molecule has 4 amide bonds. The van der Waals surface area contributed by atoms with Crippen LogP contribution in [0.5, 0.6) is 0 Å². The predicted molar refractivity (Wildman–Crippen MR) is 93.5 cm³/mol. The summed E-state index contributed by atoms with van der Waals surface area (Å²) in [6.07, 6.45) is 0.583. The summed E-state index contributed by atoms with van der Waals surface area (Å²) in [5, 5.41) is 5.54. The van der Waals surface area contributed by atoms with Gasteiger partial charge in [0.2, 0.25) is 11.8 Å². The summed E-state index contributed by atoms with van der Waals surface area (Å²) in [6, 6.07) is 16.5. The van der Waals surface area contributed by atoms with Crippen molar-refractivity contribution in [2.45, 2.75) is 25.9 Å². The minimum atomic E-state index is -0.290. The number of hydrogen-bond acceptors (Lipinski definition) is 3. The number of carbonyl (C=O) groups excluding carboxylic acids is 3. The van der Waals surface area contributed by atoms with E-state index in [1.165, 1.54) is 4.90 Å². The van der Waals surface area contributed by atoms with E-state index < -0.39 is 0 Å². The minimum absolute atomic E-state index is 0.132. The van der Waals surface area contributed by atoms with Gasteiger partial charge in [-0.05, 0) is 23.3 Å². The maximum absolute atomic E-state index is 11.9. The average Bonchev–Trinajstić information content (AvgIpc) is 2.94. The highest BCUT2D eigenvalue weighted by atomic mass is 16.2. The van der Waals surface area contributed by atoms with Crippen molar-refractivity contribution in [3.8, 4) is 0 Å². The molecule has 0 atom stereocenters. The molecule has 25 heavy (non-hydrogen) atoms. The van der Waals surface area contributed by atoms with Crippen molar-refractivity contribution >= 4 is 23.5 Å². The Labute approximate surface area is 145 Å². The Morgan fingerprint density at radius 2 is 1.52 bits per heavy atom. The molecule has 0 saturated carbocycles. The van der Waals surface area contributed by atoms with Gasteiger partial charge in [0.15, 0.2) is 0 Å². The maximum Gasteiger partial charge on any atom is 0.319 e. The first-order chi connectivity index (χ1) is 12.1. The standard InChI is InChI=1S/C19H19N3O3/c23-17-10-11-18(24)22(17)13-15-6-8-16(9-7-15)21-19(25)20-12-14-4-2-1-3-5-14/h1-9H,10-13H2,(H2,20,21,25). The second kappa shape index (κ2) is 7.61. The van der Waals surface area contributed by atoms with Crippen molar-refractivity contribution in [1.29, 1.82) is 0 Å². The van der Waals surface area contributed by atoms with Gasteiger partial charge < -0.3 is 10.6 Å². The number of anilines is 1. The second-order valence-electron chi connectivity index (χ2n) is 5.86. The van der Waals surface area contributed by atoms with Crippen LogP contribution in [0, 0.1) is 0 Å². The van der Waals surface area contributed by atoms with Crippen molar-refractivity contribution in [2.75, 3.05) is 5.32 Å². The summed E-state index contributed by atoms with van der Waals surface area (Å²) in [6.45, 7) is 0.724. The van der Waals surface area contributed by atoms with E-state index >= 15 is 0 Å². The van der Waals surface area contributed by atoms with Crippen LogP contribution in [-0.4, -0.2) is 22.7 Å². The van der Waals surface area contributed by atoms with Gasteiger partial charge in [0.25, 0.3) is 0 Å². The third-order valence-electron chi connectivity index (χ3n) is 4.00. The third-order valence-corrected chi connectivity index (χ3v) is 4.00. The summed E-state index contributed by atoms with van der Waals surface area (Å²) in [5.74, 6) is -0.264. The van der Waals surface area contributed by atoms with Crippen molar-refractivity contribution < 1.29 is 14.4 Å². The van der Waals surface area contributed by atoms with Crippen LogP contribution in [0.4, 0.5) is 10.5 Å². The van der Waals surface area contributed by atoms with E-state index in [4.69, 9.17) is 0 Å². The largest absolute Gasteiger partial charge is 0.334 e. The fraction of sp³-hybridized carbons (Fsp3) is 0.211. The van der Waals surface area contributed by atoms with Crippen molar-refractivity contribution in [2.24, 2.45) is 0 Å².